The van der Waals surface area contributed by atoms with E-state index in [1.54, 1.807) is 0 Å². The molecule has 9 heteroatoms. The molecular weight excluding hydrogens is 274 g/mol. The summed E-state index contributed by atoms with van der Waals surface area (Å²) in [6.07, 6.45) is 0. The number of benzene rings is 1. The molecule has 3 amide bonds. The third-order valence-corrected chi connectivity index (χ3v) is 2.93. The van der Waals surface area contributed by atoms with E-state index in [2.05, 4.69) is 5.32 Å². The summed E-state index contributed by atoms with van der Waals surface area (Å²) in [7, 11) is -2.39. The Kier molecular flexibility index (Phi) is 4.84. The Labute approximate surface area is 110 Å². The van der Waals surface area contributed by atoms with Crippen molar-refractivity contribution in [1.82, 2.24) is 10.6 Å². The largest absolute Gasteiger partial charge is 0.484 e. The highest BCUT2D eigenvalue weighted by molar-refractivity contribution is 7.89. The quantitative estimate of drug-likeness (QED) is 0.666. The van der Waals surface area contributed by atoms with Crippen molar-refractivity contribution >= 4 is 22.0 Å². The molecule has 8 nitrogen and oxygen atoms in total. The van der Waals surface area contributed by atoms with Gasteiger partial charge in [-0.1, -0.05) is 0 Å². The smallest absolute Gasteiger partial charge is 0.321 e. The molecule has 0 spiro atoms. The molecule has 0 radical (unpaired) electrons. The van der Waals surface area contributed by atoms with Crippen molar-refractivity contribution in [2.75, 3.05) is 13.7 Å². The number of hydrogen-bond donors (Lipinski definition) is 3. The molecule has 0 saturated heterocycles. The average Bonchev–Trinajstić information content (AvgIpc) is 2.35. The second kappa shape index (κ2) is 6.16. The summed E-state index contributed by atoms with van der Waals surface area (Å²) in [5, 5.41) is 9.14. The monoisotopic (exact) mass is 287 g/mol. The molecule has 1 aromatic carbocycles. The fourth-order valence-corrected chi connectivity index (χ4v) is 1.62. The first kappa shape index (κ1) is 14.9. The van der Waals surface area contributed by atoms with Gasteiger partial charge in [-0.3, -0.25) is 10.1 Å². The predicted molar refractivity (Wildman–Crippen MR) is 65.9 cm³/mol. The molecule has 0 aromatic heterocycles. The molecule has 19 heavy (non-hydrogen) atoms. The second-order valence-electron chi connectivity index (χ2n) is 3.43. The van der Waals surface area contributed by atoms with Gasteiger partial charge < -0.3 is 10.1 Å². The average molecular weight is 287 g/mol. The second-order valence-corrected chi connectivity index (χ2v) is 4.99. The SMILES string of the molecule is CNC(=O)NC(=O)COc1ccc(S(N)(=O)=O)cc1. The maximum Gasteiger partial charge on any atom is 0.321 e. The Hall–Kier alpha value is -2.13. The number of imide groups is 1. The first-order valence-corrected chi connectivity index (χ1v) is 6.65. The highest BCUT2D eigenvalue weighted by atomic mass is 32.2. The minimum absolute atomic E-state index is 0.0605. The molecule has 0 bridgehead atoms. The highest BCUT2D eigenvalue weighted by Crippen LogP contribution is 2.14. The van der Waals surface area contributed by atoms with Crippen LogP contribution in [0.3, 0.4) is 0 Å². The van der Waals surface area contributed by atoms with Crippen molar-refractivity contribution in [3.63, 3.8) is 0 Å². The molecule has 0 aliphatic heterocycles. The van der Waals surface area contributed by atoms with E-state index >= 15 is 0 Å². The van der Waals surface area contributed by atoms with Crippen LogP contribution in [0.15, 0.2) is 29.2 Å². The van der Waals surface area contributed by atoms with Gasteiger partial charge in [0.25, 0.3) is 5.91 Å². The first-order chi connectivity index (χ1) is 8.82. The van der Waals surface area contributed by atoms with Crippen molar-refractivity contribution < 1.29 is 22.7 Å². The molecule has 0 saturated carbocycles. The van der Waals surface area contributed by atoms with Crippen LogP contribution < -0.4 is 20.5 Å². The van der Waals surface area contributed by atoms with Crippen LogP contribution in [0.25, 0.3) is 0 Å². The Morgan fingerprint density at radius 1 is 1.26 bits per heavy atom. The molecule has 0 unspecified atom stereocenters. The van der Waals surface area contributed by atoms with Gasteiger partial charge in [-0.15, -0.1) is 0 Å². The van der Waals surface area contributed by atoms with E-state index in [9.17, 15) is 18.0 Å². The standard InChI is InChI=1S/C10H13N3O5S/c1-12-10(15)13-9(14)6-18-7-2-4-8(5-3-7)19(11,16)17/h2-5H,6H2,1H3,(H2,11,16,17)(H2,12,13,14,15). The number of primary sulfonamides is 1. The van der Waals surface area contributed by atoms with Gasteiger partial charge in [0.05, 0.1) is 4.90 Å². The number of carbonyl (C=O) groups is 2. The van der Waals surface area contributed by atoms with Gasteiger partial charge in [0.15, 0.2) is 6.61 Å². The fraction of sp³-hybridized carbons (Fsp3) is 0.200. The van der Waals surface area contributed by atoms with Gasteiger partial charge in [-0.2, -0.15) is 0 Å². The predicted octanol–water partition coefficient (Wildman–Crippen LogP) is -0.832. The Morgan fingerprint density at radius 3 is 2.32 bits per heavy atom. The van der Waals surface area contributed by atoms with E-state index in [-0.39, 0.29) is 17.3 Å². The number of ether oxygens (including phenoxy) is 1. The zero-order valence-electron chi connectivity index (χ0n) is 10.0. The van der Waals surface area contributed by atoms with Gasteiger partial charge in [-0.05, 0) is 24.3 Å². The van der Waals surface area contributed by atoms with Crippen molar-refractivity contribution in [1.29, 1.82) is 0 Å². The molecule has 4 N–H and O–H groups in total. The molecule has 1 rings (SSSR count). The summed E-state index contributed by atoms with van der Waals surface area (Å²) in [6.45, 7) is -0.373. The van der Waals surface area contributed by atoms with E-state index in [4.69, 9.17) is 9.88 Å². The van der Waals surface area contributed by atoms with Crippen LogP contribution in [0.5, 0.6) is 5.75 Å². The number of urea groups is 1. The lowest BCUT2D eigenvalue weighted by molar-refractivity contribution is -0.122. The third kappa shape index (κ3) is 4.94. The zero-order chi connectivity index (χ0) is 14.5. The van der Waals surface area contributed by atoms with E-state index in [0.717, 1.165) is 0 Å². The summed E-state index contributed by atoms with van der Waals surface area (Å²) in [5.41, 5.74) is 0. The zero-order valence-corrected chi connectivity index (χ0v) is 10.9. The van der Waals surface area contributed by atoms with Crippen LogP contribution in [0.4, 0.5) is 4.79 Å². The maximum absolute atomic E-state index is 11.2. The van der Waals surface area contributed by atoms with Crippen LogP contribution in [-0.2, 0) is 14.8 Å². The lowest BCUT2D eigenvalue weighted by Gasteiger charge is -2.06. The molecular formula is C10H13N3O5S. The summed E-state index contributed by atoms with van der Waals surface area (Å²) in [5.74, 6) is -0.352. The van der Waals surface area contributed by atoms with Gasteiger partial charge in [0, 0.05) is 7.05 Å². The molecule has 0 atom stereocenters. The lowest BCUT2D eigenvalue weighted by atomic mass is 10.3. The molecule has 1 aromatic rings. The summed E-state index contributed by atoms with van der Waals surface area (Å²) in [4.78, 5) is 21.9. The van der Waals surface area contributed by atoms with Crippen molar-refractivity contribution in [3.8, 4) is 5.75 Å². The third-order valence-electron chi connectivity index (χ3n) is 2.00. The number of sulfonamides is 1. The number of rotatable bonds is 4. The van der Waals surface area contributed by atoms with Crippen LogP contribution in [0.2, 0.25) is 0 Å². The van der Waals surface area contributed by atoms with Crippen molar-refractivity contribution in [2.45, 2.75) is 4.90 Å². The first-order valence-electron chi connectivity index (χ1n) is 5.10. The topological polar surface area (TPSA) is 128 Å². The van der Waals surface area contributed by atoms with Gasteiger partial charge in [0.2, 0.25) is 10.0 Å². The molecule has 0 aliphatic carbocycles. The molecule has 0 fully saturated rings. The van der Waals surface area contributed by atoms with Crippen molar-refractivity contribution in [3.05, 3.63) is 24.3 Å². The van der Waals surface area contributed by atoms with Gasteiger partial charge in [0.1, 0.15) is 5.75 Å². The Bertz CT molecular complexity index is 567. The Morgan fingerprint density at radius 2 is 1.84 bits per heavy atom. The number of nitrogens with two attached hydrogens (primary N) is 1. The summed E-state index contributed by atoms with van der Waals surface area (Å²) >= 11 is 0. The molecule has 0 heterocycles. The van der Waals surface area contributed by atoms with Gasteiger partial charge in [-0.25, -0.2) is 18.4 Å². The van der Waals surface area contributed by atoms with E-state index in [1.807, 2.05) is 5.32 Å². The van der Waals surface area contributed by atoms with E-state index in [0.29, 0.717) is 0 Å². The van der Waals surface area contributed by atoms with E-state index < -0.39 is 22.0 Å². The number of carbonyl (C=O) groups excluding carboxylic acids is 2. The van der Waals surface area contributed by atoms with E-state index in [1.165, 1.54) is 31.3 Å². The number of nitrogens with one attached hydrogen (secondary N) is 2. The van der Waals surface area contributed by atoms with Crippen LogP contribution >= 0.6 is 0 Å². The normalized spacial score (nSPS) is 10.6. The molecule has 104 valence electrons. The molecule has 0 aliphatic rings. The minimum Gasteiger partial charge on any atom is -0.484 e. The van der Waals surface area contributed by atoms with Gasteiger partial charge >= 0.3 is 6.03 Å². The van der Waals surface area contributed by atoms with Crippen LogP contribution in [-0.4, -0.2) is 34.0 Å². The summed E-state index contributed by atoms with van der Waals surface area (Å²) < 4.78 is 27.0. The number of hydrogen-bond acceptors (Lipinski definition) is 5. The fourth-order valence-electron chi connectivity index (χ4n) is 1.10. The highest BCUT2D eigenvalue weighted by Gasteiger charge is 2.09. The van der Waals surface area contributed by atoms with Crippen molar-refractivity contribution in [2.24, 2.45) is 5.14 Å². The number of amides is 3. The Balaban J connectivity index is 2.55. The minimum atomic E-state index is -3.76. The summed E-state index contributed by atoms with van der Waals surface area (Å²) in [6, 6.07) is 4.57. The van der Waals surface area contributed by atoms with Crippen LogP contribution in [0, 0.1) is 0 Å². The van der Waals surface area contributed by atoms with Crippen LogP contribution in [0.1, 0.15) is 0 Å². The lowest BCUT2D eigenvalue weighted by Crippen LogP contribution is -2.39. The maximum atomic E-state index is 11.2.